The van der Waals surface area contributed by atoms with Crippen molar-refractivity contribution in [3.05, 3.63) is 0 Å². The van der Waals surface area contributed by atoms with E-state index in [9.17, 15) is 0 Å². The third-order valence-corrected chi connectivity index (χ3v) is 2.31. The van der Waals surface area contributed by atoms with Crippen molar-refractivity contribution >= 4 is 0 Å². The Morgan fingerprint density at radius 3 is 2.46 bits per heavy atom. The first-order valence-corrected chi connectivity index (χ1v) is 5.44. The van der Waals surface area contributed by atoms with Crippen LogP contribution in [0.4, 0.5) is 0 Å². The Balaban J connectivity index is 3.40. The van der Waals surface area contributed by atoms with Crippen LogP contribution in [0.15, 0.2) is 0 Å². The predicted molar refractivity (Wildman–Crippen MR) is 59.8 cm³/mol. The van der Waals surface area contributed by atoms with E-state index >= 15 is 0 Å². The Bertz CT molecular complexity index is 119. The van der Waals surface area contributed by atoms with Gasteiger partial charge in [-0.25, -0.2) is 0 Å². The molecular weight excluding hydrogens is 160 g/mol. The largest absolute Gasteiger partial charge is 0.328 e. The Hall–Kier alpha value is -0.0800. The van der Waals surface area contributed by atoms with Gasteiger partial charge in [0.25, 0.3) is 0 Å². The van der Waals surface area contributed by atoms with Gasteiger partial charge >= 0.3 is 0 Å². The highest BCUT2D eigenvalue weighted by atomic mass is 14.9. The van der Waals surface area contributed by atoms with Crippen molar-refractivity contribution in [3.63, 3.8) is 0 Å². The number of nitrogens with one attached hydrogen (secondary N) is 1. The maximum Gasteiger partial charge on any atom is 0.00225 e. The monoisotopic (exact) mass is 186 g/mol. The fraction of sp³-hybridized carbons (Fsp3) is 1.00. The van der Waals surface area contributed by atoms with Gasteiger partial charge in [0.05, 0.1) is 0 Å². The second kappa shape index (κ2) is 6.39. The molecule has 0 bridgehead atoms. The van der Waals surface area contributed by atoms with Crippen LogP contribution in [0.25, 0.3) is 0 Å². The first kappa shape index (κ1) is 12.9. The van der Waals surface area contributed by atoms with E-state index in [0.717, 1.165) is 19.5 Å². The molecule has 0 heterocycles. The van der Waals surface area contributed by atoms with Crippen LogP contribution in [0.5, 0.6) is 0 Å². The van der Waals surface area contributed by atoms with Gasteiger partial charge in [0.15, 0.2) is 0 Å². The summed E-state index contributed by atoms with van der Waals surface area (Å²) in [7, 11) is 0. The van der Waals surface area contributed by atoms with Crippen molar-refractivity contribution in [3.8, 4) is 0 Å². The van der Waals surface area contributed by atoms with Crippen molar-refractivity contribution in [2.45, 2.75) is 53.0 Å². The van der Waals surface area contributed by atoms with E-state index in [1.165, 1.54) is 12.8 Å². The van der Waals surface area contributed by atoms with E-state index in [1.807, 2.05) is 0 Å². The van der Waals surface area contributed by atoms with Crippen LogP contribution in [-0.2, 0) is 0 Å². The van der Waals surface area contributed by atoms with Crippen molar-refractivity contribution < 1.29 is 0 Å². The molecule has 0 spiro atoms. The van der Waals surface area contributed by atoms with Crippen LogP contribution in [0.2, 0.25) is 0 Å². The lowest BCUT2D eigenvalue weighted by atomic mass is 9.88. The molecule has 2 heteroatoms. The smallest absolute Gasteiger partial charge is 0.00225 e. The predicted octanol–water partition coefficient (Wildman–Crippen LogP) is 2.14. The normalized spacial score (nSPS) is 14.5. The van der Waals surface area contributed by atoms with E-state index in [2.05, 4.69) is 33.0 Å². The maximum atomic E-state index is 5.66. The number of nitrogens with two attached hydrogens (primary N) is 1. The highest BCUT2D eigenvalue weighted by Gasteiger charge is 2.15. The molecule has 0 saturated heterocycles. The molecule has 0 rings (SSSR count). The van der Waals surface area contributed by atoms with Crippen LogP contribution >= 0.6 is 0 Å². The van der Waals surface area contributed by atoms with Gasteiger partial charge in [-0.05, 0) is 31.7 Å². The SMILES string of the molecule is CCCC(C)(C)CNCCC(C)N. The van der Waals surface area contributed by atoms with Gasteiger partial charge in [-0.3, -0.25) is 0 Å². The van der Waals surface area contributed by atoms with Crippen molar-refractivity contribution in [1.29, 1.82) is 0 Å². The Kier molecular flexibility index (Phi) is 6.35. The highest BCUT2D eigenvalue weighted by Crippen LogP contribution is 2.20. The number of rotatable bonds is 7. The van der Waals surface area contributed by atoms with E-state index in [1.54, 1.807) is 0 Å². The Morgan fingerprint density at radius 1 is 1.38 bits per heavy atom. The molecule has 2 nitrogen and oxygen atoms in total. The lowest BCUT2D eigenvalue weighted by Gasteiger charge is -2.24. The van der Waals surface area contributed by atoms with Crippen molar-refractivity contribution in [1.82, 2.24) is 5.32 Å². The molecule has 0 amide bonds. The molecule has 3 N–H and O–H groups in total. The molecule has 13 heavy (non-hydrogen) atoms. The van der Waals surface area contributed by atoms with Gasteiger partial charge < -0.3 is 11.1 Å². The zero-order valence-corrected chi connectivity index (χ0v) is 9.69. The van der Waals surface area contributed by atoms with Crippen molar-refractivity contribution in [2.75, 3.05) is 13.1 Å². The topological polar surface area (TPSA) is 38.0 Å². The molecule has 1 atom stereocenters. The molecule has 0 aromatic carbocycles. The summed E-state index contributed by atoms with van der Waals surface area (Å²) in [6.45, 7) is 11.1. The average Bonchev–Trinajstić information content (AvgIpc) is 1.98. The standard InChI is InChI=1S/C11H26N2/c1-5-7-11(3,4)9-13-8-6-10(2)12/h10,13H,5-9,12H2,1-4H3. The van der Waals surface area contributed by atoms with Gasteiger partial charge in [-0.2, -0.15) is 0 Å². The van der Waals surface area contributed by atoms with Crippen molar-refractivity contribution in [2.24, 2.45) is 11.1 Å². The van der Waals surface area contributed by atoms with Crippen LogP contribution in [-0.4, -0.2) is 19.1 Å². The summed E-state index contributed by atoms with van der Waals surface area (Å²) < 4.78 is 0. The number of hydrogen-bond acceptors (Lipinski definition) is 2. The summed E-state index contributed by atoms with van der Waals surface area (Å²) >= 11 is 0. The molecule has 0 aliphatic rings. The summed E-state index contributed by atoms with van der Waals surface area (Å²) in [6, 6.07) is 0.321. The minimum atomic E-state index is 0.321. The maximum absolute atomic E-state index is 5.66. The quantitative estimate of drug-likeness (QED) is 0.598. The molecule has 0 radical (unpaired) electrons. The zero-order valence-electron chi connectivity index (χ0n) is 9.69. The average molecular weight is 186 g/mol. The van der Waals surface area contributed by atoms with Crippen LogP contribution < -0.4 is 11.1 Å². The third kappa shape index (κ3) is 8.26. The highest BCUT2D eigenvalue weighted by molar-refractivity contribution is 4.71. The van der Waals surface area contributed by atoms with Gasteiger partial charge in [0.1, 0.15) is 0 Å². The zero-order chi connectivity index (χ0) is 10.3. The molecule has 1 unspecified atom stereocenters. The van der Waals surface area contributed by atoms with Gasteiger partial charge in [0, 0.05) is 12.6 Å². The molecule has 0 aliphatic carbocycles. The lowest BCUT2D eigenvalue weighted by molar-refractivity contribution is 0.310. The molecule has 0 aliphatic heterocycles. The third-order valence-electron chi connectivity index (χ3n) is 2.31. The Labute approximate surface area is 83.3 Å². The molecule has 0 aromatic heterocycles. The summed E-state index contributed by atoms with van der Waals surface area (Å²) in [4.78, 5) is 0. The number of hydrogen-bond donors (Lipinski definition) is 2. The summed E-state index contributed by atoms with van der Waals surface area (Å²) in [5.74, 6) is 0. The molecule has 0 aromatic rings. The fourth-order valence-corrected chi connectivity index (χ4v) is 1.52. The van der Waals surface area contributed by atoms with E-state index in [0.29, 0.717) is 11.5 Å². The van der Waals surface area contributed by atoms with E-state index < -0.39 is 0 Å². The van der Waals surface area contributed by atoms with Gasteiger partial charge in [-0.15, -0.1) is 0 Å². The molecular formula is C11H26N2. The summed E-state index contributed by atoms with van der Waals surface area (Å²) in [6.07, 6.45) is 3.63. The second-order valence-corrected chi connectivity index (χ2v) is 4.86. The molecule has 0 fully saturated rings. The molecule has 0 saturated carbocycles. The minimum Gasteiger partial charge on any atom is -0.328 e. The van der Waals surface area contributed by atoms with Crippen LogP contribution in [0, 0.1) is 5.41 Å². The van der Waals surface area contributed by atoms with E-state index in [-0.39, 0.29) is 0 Å². The summed E-state index contributed by atoms with van der Waals surface area (Å²) in [5.41, 5.74) is 6.10. The fourth-order valence-electron chi connectivity index (χ4n) is 1.52. The summed E-state index contributed by atoms with van der Waals surface area (Å²) in [5, 5.41) is 3.46. The minimum absolute atomic E-state index is 0.321. The van der Waals surface area contributed by atoms with E-state index in [4.69, 9.17) is 5.73 Å². The molecule has 80 valence electrons. The first-order valence-electron chi connectivity index (χ1n) is 5.44. The lowest BCUT2D eigenvalue weighted by Crippen LogP contribution is -2.32. The van der Waals surface area contributed by atoms with Gasteiger partial charge in [0.2, 0.25) is 0 Å². The Morgan fingerprint density at radius 2 is 2.00 bits per heavy atom. The van der Waals surface area contributed by atoms with Crippen LogP contribution in [0.1, 0.15) is 47.0 Å². The van der Waals surface area contributed by atoms with Gasteiger partial charge in [-0.1, -0.05) is 27.2 Å². The first-order chi connectivity index (χ1) is 5.98. The van der Waals surface area contributed by atoms with Crippen LogP contribution in [0.3, 0.4) is 0 Å². The second-order valence-electron chi connectivity index (χ2n) is 4.86.